The van der Waals surface area contributed by atoms with Crippen LogP contribution in [0.25, 0.3) is 0 Å². The van der Waals surface area contributed by atoms with Gasteiger partial charge >= 0.3 is 0 Å². The van der Waals surface area contributed by atoms with Crippen LogP contribution in [-0.4, -0.2) is 35.1 Å². The zero-order valence-electron chi connectivity index (χ0n) is 11.2. The first kappa shape index (κ1) is 13.8. The normalized spacial score (nSPS) is 11.5. The highest BCUT2D eigenvalue weighted by molar-refractivity contribution is 5.35. The van der Waals surface area contributed by atoms with E-state index in [9.17, 15) is 0 Å². The van der Waals surface area contributed by atoms with Crippen LogP contribution in [0.15, 0.2) is 18.3 Å². The van der Waals surface area contributed by atoms with Gasteiger partial charge < -0.3 is 10.5 Å². The molecule has 0 aliphatic rings. The molecule has 1 heterocycles. The smallest absolute Gasteiger partial charge is 0.213 e. The third kappa shape index (κ3) is 4.61. The van der Waals surface area contributed by atoms with E-state index in [0.717, 1.165) is 6.54 Å². The molecule has 1 rings (SSSR count). The van der Waals surface area contributed by atoms with E-state index in [-0.39, 0.29) is 0 Å². The van der Waals surface area contributed by atoms with Gasteiger partial charge in [0.1, 0.15) is 6.61 Å². The van der Waals surface area contributed by atoms with E-state index in [4.69, 9.17) is 10.5 Å². The Labute approximate surface area is 104 Å². The van der Waals surface area contributed by atoms with Crippen molar-refractivity contribution in [2.24, 2.45) is 0 Å². The molecule has 0 spiro atoms. The van der Waals surface area contributed by atoms with Crippen molar-refractivity contribution in [2.75, 3.05) is 18.9 Å². The van der Waals surface area contributed by atoms with Crippen LogP contribution < -0.4 is 10.5 Å². The quantitative estimate of drug-likeness (QED) is 0.823. The zero-order chi connectivity index (χ0) is 12.8. The Hall–Kier alpha value is -1.29. The molecule has 96 valence electrons. The predicted octanol–water partition coefficient (Wildman–Crippen LogP) is 2.16. The second-order valence-electron chi connectivity index (χ2n) is 4.70. The minimum absolute atomic E-state index is 0.526. The van der Waals surface area contributed by atoms with E-state index in [1.807, 2.05) is 0 Å². The number of nitrogens with two attached hydrogens (primary N) is 1. The van der Waals surface area contributed by atoms with Crippen molar-refractivity contribution in [2.45, 2.75) is 39.8 Å². The second-order valence-corrected chi connectivity index (χ2v) is 4.70. The summed E-state index contributed by atoms with van der Waals surface area (Å²) in [6.45, 7) is 10.3. The van der Waals surface area contributed by atoms with Crippen LogP contribution in [0.1, 0.15) is 27.7 Å². The lowest BCUT2D eigenvalue weighted by Gasteiger charge is -2.30. The summed E-state index contributed by atoms with van der Waals surface area (Å²) in [5, 5.41) is 0. The number of rotatable bonds is 6. The summed E-state index contributed by atoms with van der Waals surface area (Å²) in [7, 11) is 0. The summed E-state index contributed by atoms with van der Waals surface area (Å²) in [6, 6.07) is 4.64. The monoisotopic (exact) mass is 237 g/mol. The maximum Gasteiger partial charge on any atom is 0.213 e. The molecule has 4 nitrogen and oxygen atoms in total. The van der Waals surface area contributed by atoms with Gasteiger partial charge in [0.15, 0.2) is 0 Å². The van der Waals surface area contributed by atoms with Crippen LogP contribution in [0.4, 0.5) is 5.69 Å². The molecule has 0 aromatic carbocycles. The third-order valence-corrected chi connectivity index (χ3v) is 2.69. The van der Waals surface area contributed by atoms with E-state index in [1.165, 1.54) is 0 Å². The van der Waals surface area contributed by atoms with Gasteiger partial charge in [-0.2, -0.15) is 0 Å². The number of nitrogen functional groups attached to an aromatic ring is 1. The topological polar surface area (TPSA) is 51.4 Å². The fraction of sp³-hybridized carbons (Fsp3) is 0.615. The Morgan fingerprint density at radius 2 is 1.88 bits per heavy atom. The van der Waals surface area contributed by atoms with E-state index in [1.54, 1.807) is 18.3 Å². The molecule has 0 aliphatic heterocycles. The predicted molar refractivity (Wildman–Crippen MR) is 71.1 cm³/mol. The molecule has 1 aromatic heterocycles. The van der Waals surface area contributed by atoms with Gasteiger partial charge in [-0.25, -0.2) is 4.98 Å². The minimum atomic E-state index is 0.526. The largest absolute Gasteiger partial charge is 0.476 e. The lowest BCUT2D eigenvalue weighted by atomic mass is 10.2. The number of hydrogen-bond donors (Lipinski definition) is 1. The highest BCUT2D eigenvalue weighted by atomic mass is 16.5. The molecule has 0 amide bonds. The molecule has 0 saturated heterocycles. The summed E-state index contributed by atoms with van der Waals surface area (Å²) in [5.41, 5.74) is 6.21. The lowest BCUT2D eigenvalue weighted by molar-refractivity contribution is 0.140. The first-order valence-electron chi connectivity index (χ1n) is 6.10. The number of anilines is 1. The van der Waals surface area contributed by atoms with Crippen LogP contribution >= 0.6 is 0 Å². The molecule has 1 aromatic rings. The van der Waals surface area contributed by atoms with E-state index >= 15 is 0 Å². The summed E-state index contributed by atoms with van der Waals surface area (Å²) < 4.78 is 5.58. The molecule has 0 radical (unpaired) electrons. The van der Waals surface area contributed by atoms with Gasteiger partial charge in [-0.15, -0.1) is 0 Å². The zero-order valence-corrected chi connectivity index (χ0v) is 11.2. The van der Waals surface area contributed by atoms with Gasteiger partial charge in [0, 0.05) is 24.7 Å². The average Bonchev–Trinajstić information content (AvgIpc) is 2.25. The molecule has 0 unspecified atom stereocenters. The Morgan fingerprint density at radius 1 is 1.24 bits per heavy atom. The van der Waals surface area contributed by atoms with Crippen LogP contribution in [0, 0.1) is 0 Å². The summed E-state index contributed by atoms with van der Waals surface area (Å²) in [4.78, 5) is 6.49. The van der Waals surface area contributed by atoms with Crippen LogP contribution in [0.2, 0.25) is 0 Å². The first-order valence-corrected chi connectivity index (χ1v) is 6.10. The number of hydrogen-bond acceptors (Lipinski definition) is 4. The summed E-state index contributed by atoms with van der Waals surface area (Å²) in [5.74, 6) is 0.631. The van der Waals surface area contributed by atoms with E-state index < -0.39 is 0 Å². The van der Waals surface area contributed by atoms with Crippen molar-refractivity contribution in [3.8, 4) is 5.88 Å². The second kappa shape index (κ2) is 6.45. The molecule has 4 heteroatoms. The van der Waals surface area contributed by atoms with Crippen LogP contribution in [0.3, 0.4) is 0 Å². The van der Waals surface area contributed by atoms with Gasteiger partial charge in [0.25, 0.3) is 0 Å². The molecular formula is C13H23N3O. The highest BCUT2D eigenvalue weighted by Crippen LogP contribution is 2.09. The first-order chi connectivity index (χ1) is 8.00. The van der Waals surface area contributed by atoms with Gasteiger partial charge in [0.05, 0.1) is 11.9 Å². The maximum absolute atomic E-state index is 5.58. The van der Waals surface area contributed by atoms with Gasteiger partial charge in [-0.05, 0) is 33.8 Å². The molecule has 0 fully saturated rings. The SMILES string of the molecule is CC(C)N(CCOc1ccc(N)cn1)C(C)C. The molecule has 0 atom stereocenters. The Morgan fingerprint density at radius 3 is 2.35 bits per heavy atom. The molecule has 0 saturated carbocycles. The molecular weight excluding hydrogens is 214 g/mol. The number of aromatic nitrogens is 1. The Balaban J connectivity index is 2.38. The van der Waals surface area contributed by atoms with E-state index in [2.05, 4.69) is 37.6 Å². The molecule has 0 aliphatic carbocycles. The van der Waals surface area contributed by atoms with Crippen molar-refractivity contribution in [3.63, 3.8) is 0 Å². The number of ether oxygens (including phenoxy) is 1. The van der Waals surface area contributed by atoms with Crippen molar-refractivity contribution >= 4 is 5.69 Å². The van der Waals surface area contributed by atoms with Gasteiger partial charge in [-0.1, -0.05) is 0 Å². The Kier molecular flexibility index (Phi) is 5.22. The minimum Gasteiger partial charge on any atom is -0.476 e. The summed E-state index contributed by atoms with van der Waals surface area (Å²) in [6.07, 6.45) is 1.61. The van der Waals surface area contributed by atoms with Gasteiger partial charge in [0.2, 0.25) is 5.88 Å². The number of nitrogens with zero attached hydrogens (tertiary/aromatic N) is 2. The average molecular weight is 237 g/mol. The third-order valence-electron chi connectivity index (χ3n) is 2.69. The van der Waals surface area contributed by atoms with Crippen LogP contribution in [0.5, 0.6) is 5.88 Å². The lowest BCUT2D eigenvalue weighted by Crippen LogP contribution is -2.39. The van der Waals surface area contributed by atoms with Crippen molar-refractivity contribution in [3.05, 3.63) is 18.3 Å². The number of pyridine rings is 1. The van der Waals surface area contributed by atoms with Crippen molar-refractivity contribution in [1.82, 2.24) is 9.88 Å². The van der Waals surface area contributed by atoms with E-state index in [0.29, 0.717) is 30.3 Å². The highest BCUT2D eigenvalue weighted by Gasteiger charge is 2.12. The van der Waals surface area contributed by atoms with Crippen LogP contribution in [-0.2, 0) is 0 Å². The molecule has 2 N–H and O–H groups in total. The molecule has 17 heavy (non-hydrogen) atoms. The fourth-order valence-electron chi connectivity index (χ4n) is 1.85. The van der Waals surface area contributed by atoms with Crippen molar-refractivity contribution in [1.29, 1.82) is 0 Å². The maximum atomic E-state index is 5.58. The van der Waals surface area contributed by atoms with Gasteiger partial charge in [-0.3, -0.25) is 4.90 Å². The molecule has 0 bridgehead atoms. The summed E-state index contributed by atoms with van der Waals surface area (Å²) >= 11 is 0. The standard InChI is InChI=1S/C13H23N3O/c1-10(2)16(11(3)4)7-8-17-13-6-5-12(14)9-15-13/h5-6,9-11H,7-8,14H2,1-4H3. The Bertz CT molecular complexity index is 314. The van der Waals surface area contributed by atoms with Crippen molar-refractivity contribution < 1.29 is 4.74 Å². The fourth-order valence-corrected chi connectivity index (χ4v) is 1.85.